The van der Waals surface area contributed by atoms with Gasteiger partial charge in [0.25, 0.3) is 0 Å². The Morgan fingerprint density at radius 2 is 2.31 bits per heavy atom. The van der Waals surface area contributed by atoms with Crippen molar-refractivity contribution < 1.29 is 5.11 Å². The van der Waals surface area contributed by atoms with Crippen LogP contribution in [0, 0.1) is 5.41 Å². The van der Waals surface area contributed by atoms with E-state index in [1.807, 2.05) is 12.3 Å². The number of nitrogens with zero attached hydrogens (tertiary/aromatic N) is 1. The third kappa shape index (κ3) is 1.97. The van der Waals surface area contributed by atoms with Gasteiger partial charge in [0, 0.05) is 29.9 Å². The lowest BCUT2D eigenvalue weighted by molar-refractivity contribution is -0.0754. The molecule has 0 bridgehead atoms. The van der Waals surface area contributed by atoms with Gasteiger partial charge >= 0.3 is 0 Å². The van der Waals surface area contributed by atoms with Crippen molar-refractivity contribution in [2.24, 2.45) is 5.41 Å². The van der Waals surface area contributed by atoms with Crippen LogP contribution < -0.4 is 5.32 Å². The van der Waals surface area contributed by atoms with Gasteiger partial charge in [0.05, 0.1) is 6.10 Å². The van der Waals surface area contributed by atoms with E-state index >= 15 is 0 Å². The Morgan fingerprint density at radius 3 is 2.81 bits per heavy atom. The molecular weight excluding hydrogens is 200 g/mol. The minimum atomic E-state index is -0.175. The van der Waals surface area contributed by atoms with Crippen molar-refractivity contribution in [3.8, 4) is 0 Å². The zero-order valence-electron chi connectivity index (χ0n) is 10.1. The minimum Gasteiger partial charge on any atom is -0.392 e. The van der Waals surface area contributed by atoms with Gasteiger partial charge in [-0.15, -0.1) is 0 Å². The number of aromatic nitrogens is 1. The molecule has 2 N–H and O–H groups in total. The number of hydrogen-bond acceptors (Lipinski definition) is 3. The Balaban J connectivity index is 1.97. The monoisotopic (exact) mass is 220 g/mol. The molecule has 2 rings (SSSR count). The van der Waals surface area contributed by atoms with E-state index in [9.17, 15) is 5.11 Å². The van der Waals surface area contributed by atoms with E-state index in [-0.39, 0.29) is 17.6 Å². The van der Waals surface area contributed by atoms with E-state index in [1.54, 1.807) is 6.20 Å². The fourth-order valence-corrected chi connectivity index (χ4v) is 2.22. The molecule has 0 amide bonds. The highest BCUT2D eigenvalue weighted by atomic mass is 16.3. The Kier molecular flexibility index (Phi) is 3.00. The number of rotatable bonds is 3. The predicted molar refractivity (Wildman–Crippen MR) is 64.0 cm³/mol. The van der Waals surface area contributed by atoms with Crippen molar-refractivity contribution in [1.29, 1.82) is 0 Å². The maximum absolute atomic E-state index is 9.68. The summed E-state index contributed by atoms with van der Waals surface area (Å²) >= 11 is 0. The molecular formula is C13H20N2O. The summed E-state index contributed by atoms with van der Waals surface area (Å²) in [5.41, 5.74) is 1.18. The van der Waals surface area contributed by atoms with E-state index in [4.69, 9.17) is 0 Å². The van der Waals surface area contributed by atoms with Gasteiger partial charge in [-0.05, 0) is 25.0 Å². The zero-order chi connectivity index (χ0) is 11.8. The molecule has 0 spiro atoms. The standard InChI is InChI=1S/C13H20N2O/c1-9(10-5-4-6-14-8-10)15-11-7-12(16)13(11,2)3/h4-6,8-9,11-12,15-16H,7H2,1-3H3. The van der Waals surface area contributed by atoms with Gasteiger partial charge in [0.2, 0.25) is 0 Å². The van der Waals surface area contributed by atoms with Crippen molar-refractivity contribution in [2.45, 2.75) is 45.4 Å². The minimum absolute atomic E-state index is 0.0174. The third-order valence-electron chi connectivity index (χ3n) is 3.85. The Labute approximate surface area is 96.9 Å². The van der Waals surface area contributed by atoms with Crippen molar-refractivity contribution in [2.75, 3.05) is 0 Å². The van der Waals surface area contributed by atoms with Crippen molar-refractivity contribution in [1.82, 2.24) is 10.3 Å². The van der Waals surface area contributed by atoms with Crippen molar-refractivity contribution in [3.63, 3.8) is 0 Å². The summed E-state index contributed by atoms with van der Waals surface area (Å²) in [7, 11) is 0. The lowest BCUT2D eigenvalue weighted by atomic mass is 9.64. The van der Waals surface area contributed by atoms with Gasteiger partial charge in [0.15, 0.2) is 0 Å². The van der Waals surface area contributed by atoms with Crippen molar-refractivity contribution in [3.05, 3.63) is 30.1 Å². The quantitative estimate of drug-likeness (QED) is 0.817. The molecule has 1 heterocycles. The molecule has 1 saturated carbocycles. The molecule has 3 nitrogen and oxygen atoms in total. The lowest BCUT2D eigenvalue weighted by Crippen LogP contribution is -2.60. The predicted octanol–water partition coefficient (Wildman–Crippen LogP) is 1.89. The van der Waals surface area contributed by atoms with Gasteiger partial charge in [0.1, 0.15) is 0 Å². The summed E-state index contributed by atoms with van der Waals surface area (Å²) in [6.07, 6.45) is 4.34. The van der Waals surface area contributed by atoms with Gasteiger partial charge < -0.3 is 10.4 Å². The molecule has 16 heavy (non-hydrogen) atoms. The summed E-state index contributed by atoms with van der Waals surface area (Å²) < 4.78 is 0. The number of aliphatic hydroxyl groups is 1. The van der Waals surface area contributed by atoms with E-state index in [1.165, 1.54) is 5.56 Å². The zero-order valence-corrected chi connectivity index (χ0v) is 10.1. The van der Waals surface area contributed by atoms with E-state index in [0.29, 0.717) is 6.04 Å². The third-order valence-corrected chi connectivity index (χ3v) is 3.85. The molecule has 3 unspecified atom stereocenters. The topological polar surface area (TPSA) is 45.1 Å². The molecule has 3 heteroatoms. The fraction of sp³-hybridized carbons (Fsp3) is 0.615. The molecule has 0 aromatic carbocycles. The number of hydrogen-bond donors (Lipinski definition) is 2. The van der Waals surface area contributed by atoms with Crippen LogP contribution in [0.1, 0.15) is 38.8 Å². The van der Waals surface area contributed by atoms with Crippen LogP contribution in [0.2, 0.25) is 0 Å². The summed E-state index contributed by atoms with van der Waals surface area (Å²) in [4.78, 5) is 4.12. The first-order valence-corrected chi connectivity index (χ1v) is 5.86. The Morgan fingerprint density at radius 1 is 1.56 bits per heavy atom. The maximum Gasteiger partial charge on any atom is 0.0621 e. The van der Waals surface area contributed by atoms with Gasteiger partial charge in [-0.3, -0.25) is 4.98 Å². The van der Waals surface area contributed by atoms with E-state index < -0.39 is 0 Å². The second kappa shape index (κ2) is 4.15. The molecule has 0 aliphatic heterocycles. The first kappa shape index (κ1) is 11.6. The van der Waals surface area contributed by atoms with Gasteiger partial charge in [-0.1, -0.05) is 19.9 Å². The van der Waals surface area contributed by atoms with Crippen LogP contribution in [-0.4, -0.2) is 22.2 Å². The highest BCUT2D eigenvalue weighted by Crippen LogP contribution is 2.41. The van der Waals surface area contributed by atoms with Crippen LogP contribution in [0.25, 0.3) is 0 Å². The van der Waals surface area contributed by atoms with E-state index in [2.05, 4.69) is 37.1 Å². The number of nitrogens with one attached hydrogen (secondary N) is 1. The van der Waals surface area contributed by atoms with Crippen LogP contribution in [-0.2, 0) is 0 Å². The maximum atomic E-state index is 9.68. The Bertz CT molecular complexity index is 350. The van der Waals surface area contributed by atoms with Crippen LogP contribution in [0.4, 0.5) is 0 Å². The van der Waals surface area contributed by atoms with Crippen molar-refractivity contribution >= 4 is 0 Å². The van der Waals surface area contributed by atoms with Crippen LogP contribution in [0.5, 0.6) is 0 Å². The Hall–Kier alpha value is -0.930. The first-order chi connectivity index (χ1) is 7.51. The smallest absolute Gasteiger partial charge is 0.0621 e. The molecule has 0 radical (unpaired) electrons. The normalized spacial score (nSPS) is 29.5. The summed E-state index contributed by atoms with van der Waals surface area (Å²) in [6, 6.07) is 4.70. The average Bonchev–Trinajstić information content (AvgIpc) is 2.29. The molecule has 1 aliphatic carbocycles. The number of pyridine rings is 1. The largest absolute Gasteiger partial charge is 0.392 e. The molecule has 3 atom stereocenters. The summed E-state index contributed by atoms with van der Waals surface area (Å²) in [5.74, 6) is 0. The second-order valence-corrected chi connectivity index (χ2v) is 5.30. The molecule has 1 aromatic rings. The highest BCUT2D eigenvalue weighted by Gasteiger charge is 2.47. The summed E-state index contributed by atoms with van der Waals surface area (Å²) in [6.45, 7) is 6.35. The molecule has 1 aromatic heterocycles. The molecule has 1 aliphatic rings. The summed E-state index contributed by atoms with van der Waals surface area (Å²) in [5, 5.41) is 13.2. The van der Waals surface area contributed by atoms with Crippen LogP contribution in [0.15, 0.2) is 24.5 Å². The van der Waals surface area contributed by atoms with Crippen LogP contribution in [0.3, 0.4) is 0 Å². The first-order valence-electron chi connectivity index (χ1n) is 5.86. The molecule has 88 valence electrons. The molecule has 0 saturated heterocycles. The van der Waals surface area contributed by atoms with E-state index in [0.717, 1.165) is 6.42 Å². The van der Waals surface area contributed by atoms with Crippen LogP contribution >= 0.6 is 0 Å². The SMILES string of the molecule is CC(NC1CC(O)C1(C)C)c1cccnc1. The van der Waals surface area contributed by atoms with Gasteiger partial charge in [-0.2, -0.15) is 0 Å². The van der Waals surface area contributed by atoms with Gasteiger partial charge in [-0.25, -0.2) is 0 Å². The fourth-order valence-electron chi connectivity index (χ4n) is 2.22. The lowest BCUT2D eigenvalue weighted by Gasteiger charge is -2.50. The molecule has 1 fully saturated rings. The second-order valence-electron chi connectivity index (χ2n) is 5.30. The number of aliphatic hydroxyl groups excluding tert-OH is 1. The highest BCUT2D eigenvalue weighted by molar-refractivity contribution is 5.14. The average molecular weight is 220 g/mol.